The molecule has 1 aliphatic rings. The molecule has 4 nitrogen and oxygen atoms in total. The minimum Gasteiger partial charge on any atom is -0.449 e. The summed E-state index contributed by atoms with van der Waals surface area (Å²) in [6.45, 7) is 0.515. The maximum atomic E-state index is 12.9. The standard InChI is InChI=1S/C26H23F3N2O2/c27-26(28,29)18-13-17(14-19(30)15-18)7-5-6-12-31-25(32)33-16-24-22-10-3-1-8-20(22)21-9-2-4-11-23(21)24/h1-5,7-11,13-15,24H,6,12,16,30H2,(H,31,32). The lowest BCUT2D eigenvalue weighted by molar-refractivity contribution is -0.137. The Morgan fingerprint density at radius 2 is 1.64 bits per heavy atom. The van der Waals surface area contributed by atoms with E-state index in [1.165, 1.54) is 6.07 Å². The number of ether oxygens (including phenoxy) is 1. The largest absolute Gasteiger partial charge is 0.449 e. The number of halogens is 3. The van der Waals surface area contributed by atoms with Gasteiger partial charge in [-0.1, -0.05) is 60.7 Å². The summed E-state index contributed by atoms with van der Waals surface area (Å²) in [4.78, 5) is 12.2. The lowest BCUT2D eigenvalue weighted by Gasteiger charge is -2.14. The molecule has 0 bridgehead atoms. The number of amides is 1. The normalized spacial score (nSPS) is 13.1. The molecule has 3 aromatic rings. The Morgan fingerprint density at radius 3 is 2.27 bits per heavy atom. The zero-order chi connectivity index (χ0) is 23.4. The van der Waals surface area contributed by atoms with E-state index in [1.54, 1.807) is 12.2 Å². The van der Waals surface area contributed by atoms with Crippen LogP contribution in [0.2, 0.25) is 0 Å². The zero-order valence-corrected chi connectivity index (χ0v) is 17.7. The fourth-order valence-electron chi connectivity index (χ4n) is 4.06. The Kier molecular flexibility index (Phi) is 6.40. The zero-order valence-electron chi connectivity index (χ0n) is 17.7. The third kappa shape index (κ3) is 5.19. The van der Waals surface area contributed by atoms with Crippen LogP contribution >= 0.6 is 0 Å². The quantitative estimate of drug-likeness (QED) is 0.344. The molecule has 33 heavy (non-hydrogen) atoms. The predicted octanol–water partition coefficient (Wildman–Crippen LogP) is 6.23. The molecule has 0 saturated heterocycles. The van der Waals surface area contributed by atoms with Gasteiger partial charge in [-0.05, 0) is 52.4 Å². The van der Waals surface area contributed by atoms with Crippen LogP contribution in [0.25, 0.3) is 17.2 Å². The first-order valence-corrected chi connectivity index (χ1v) is 10.6. The Labute approximate surface area is 189 Å². The summed E-state index contributed by atoms with van der Waals surface area (Å²) >= 11 is 0. The molecule has 0 saturated carbocycles. The topological polar surface area (TPSA) is 64.3 Å². The summed E-state index contributed by atoms with van der Waals surface area (Å²) in [5.74, 6) is -0.0191. The van der Waals surface area contributed by atoms with Gasteiger partial charge in [0.25, 0.3) is 0 Å². The lowest BCUT2D eigenvalue weighted by Crippen LogP contribution is -2.26. The van der Waals surface area contributed by atoms with Crippen molar-refractivity contribution < 1.29 is 22.7 Å². The van der Waals surface area contributed by atoms with Gasteiger partial charge < -0.3 is 15.8 Å². The van der Waals surface area contributed by atoms with Gasteiger partial charge in [0.1, 0.15) is 6.61 Å². The van der Waals surface area contributed by atoms with Gasteiger partial charge in [0.2, 0.25) is 0 Å². The van der Waals surface area contributed by atoms with Gasteiger partial charge in [0, 0.05) is 18.2 Å². The smallest absolute Gasteiger partial charge is 0.416 e. The fraction of sp³-hybridized carbons (Fsp3) is 0.192. The SMILES string of the molecule is Nc1cc(C=CCCNC(=O)OCC2c3ccccc3-c3ccccc32)cc(C(F)(F)F)c1. The molecule has 3 N–H and O–H groups in total. The minimum atomic E-state index is -4.45. The van der Waals surface area contributed by atoms with Crippen molar-refractivity contribution in [3.63, 3.8) is 0 Å². The lowest BCUT2D eigenvalue weighted by atomic mass is 9.98. The van der Waals surface area contributed by atoms with E-state index in [-0.39, 0.29) is 18.2 Å². The number of hydrogen-bond acceptors (Lipinski definition) is 3. The number of nitrogen functional groups attached to an aromatic ring is 1. The highest BCUT2D eigenvalue weighted by Gasteiger charge is 2.31. The Hall–Kier alpha value is -3.74. The van der Waals surface area contributed by atoms with Crippen LogP contribution in [0.5, 0.6) is 0 Å². The molecule has 1 amide bonds. The molecule has 0 fully saturated rings. The first-order chi connectivity index (χ1) is 15.8. The Balaban J connectivity index is 1.28. The molecule has 7 heteroatoms. The summed E-state index contributed by atoms with van der Waals surface area (Å²) in [6.07, 6.45) is -1.33. The number of fused-ring (bicyclic) bond motifs is 3. The number of alkyl halides is 3. The van der Waals surface area contributed by atoms with Crippen molar-refractivity contribution in [2.24, 2.45) is 0 Å². The van der Waals surface area contributed by atoms with Crippen LogP contribution < -0.4 is 11.1 Å². The molecule has 0 unspecified atom stereocenters. The number of carbonyl (C=O) groups is 1. The third-order valence-electron chi connectivity index (χ3n) is 5.54. The summed E-state index contributed by atoms with van der Waals surface area (Å²) < 4.78 is 44.1. The molecule has 0 aliphatic heterocycles. The third-order valence-corrected chi connectivity index (χ3v) is 5.54. The van der Waals surface area contributed by atoms with Crippen molar-refractivity contribution in [3.05, 3.63) is 95.1 Å². The maximum Gasteiger partial charge on any atom is 0.416 e. The summed E-state index contributed by atoms with van der Waals surface area (Å²) in [5.41, 5.74) is 9.74. The fourth-order valence-corrected chi connectivity index (χ4v) is 4.06. The van der Waals surface area contributed by atoms with E-state index in [4.69, 9.17) is 10.5 Å². The maximum absolute atomic E-state index is 12.9. The Morgan fingerprint density at radius 1 is 1.00 bits per heavy atom. The van der Waals surface area contributed by atoms with Gasteiger partial charge in [0.05, 0.1) is 5.56 Å². The summed E-state index contributed by atoms with van der Waals surface area (Å²) in [6, 6.07) is 19.6. The number of nitrogens with two attached hydrogens (primary N) is 1. The molecule has 4 rings (SSSR count). The average Bonchev–Trinajstić information content (AvgIpc) is 3.10. The highest BCUT2D eigenvalue weighted by atomic mass is 19.4. The molecule has 0 radical (unpaired) electrons. The van der Waals surface area contributed by atoms with E-state index in [0.29, 0.717) is 18.5 Å². The molecular weight excluding hydrogens is 429 g/mol. The van der Waals surface area contributed by atoms with Crippen molar-refractivity contribution in [3.8, 4) is 11.1 Å². The van der Waals surface area contributed by atoms with E-state index in [9.17, 15) is 18.0 Å². The second-order valence-corrected chi connectivity index (χ2v) is 7.83. The van der Waals surface area contributed by atoms with Crippen LogP contribution in [0.1, 0.15) is 34.6 Å². The van der Waals surface area contributed by atoms with Crippen LogP contribution in [-0.4, -0.2) is 19.2 Å². The molecule has 170 valence electrons. The molecule has 0 heterocycles. The first-order valence-electron chi connectivity index (χ1n) is 10.6. The van der Waals surface area contributed by atoms with Crippen molar-refractivity contribution in [2.45, 2.75) is 18.5 Å². The van der Waals surface area contributed by atoms with Gasteiger partial charge >= 0.3 is 12.3 Å². The van der Waals surface area contributed by atoms with E-state index in [0.717, 1.165) is 34.4 Å². The highest BCUT2D eigenvalue weighted by molar-refractivity contribution is 5.79. The number of rotatable bonds is 6. The number of nitrogens with one attached hydrogen (secondary N) is 1. The van der Waals surface area contributed by atoms with Crippen molar-refractivity contribution >= 4 is 17.9 Å². The van der Waals surface area contributed by atoms with Crippen molar-refractivity contribution in [1.82, 2.24) is 5.32 Å². The van der Waals surface area contributed by atoms with Crippen molar-refractivity contribution in [2.75, 3.05) is 18.9 Å². The van der Waals surface area contributed by atoms with E-state index < -0.39 is 17.8 Å². The second kappa shape index (κ2) is 9.40. The monoisotopic (exact) mass is 452 g/mol. The number of hydrogen-bond donors (Lipinski definition) is 2. The highest BCUT2D eigenvalue weighted by Crippen LogP contribution is 2.44. The second-order valence-electron chi connectivity index (χ2n) is 7.83. The minimum absolute atomic E-state index is 0.0191. The van der Waals surface area contributed by atoms with Crippen LogP contribution in [0, 0.1) is 0 Å². The van der Waals surface area contributed by atoms with Crippen LogP contribution in [0.15, 0.2) is 72.8 Å². The van der Waals surface area contributed by atoms with Crippen molar-refractivity contribution in [1.29, 1.82) is 0 Å². The predicted molar refractivity (Wildman–Crippen MR) is 123 cm³/mol. The van der Waals surface area contributed by atoms with Gasteiger partial charge in [-0.15, -0.1) is 0 Å². The number of alkyl carbamates (subject to hydrolysis) is 1. The summed E-state index contributed by atoms with van der Waals surface area (Å²) in [7, 11) is 0. The van der Waals surface area contributed by atoms with Crippen LogP contribution in [0.3, 0.4) is 0 Å². The molecule has 3 aromatic carbocycles. The van der Waals surface area contributed by atoms with Gasteiger partial charge in [0.15, 0.2) is 0 Å². The summed E-state index contributed by atoms with van der Waals surface area (Å²) in [5, 5.41) is 2.67. The van der Waals surface area contributed by atoms with Crippen LogP contribution in [0.4, 0.5) is 23.7 Å². The number of anilines is 1. The molecule has 0 aromatic heterocycles. The molecule has 0 atom stereocenters. The number of carbonyl (C=O) groups excluding carboxylic acids is 1. The van der Waals surface area contributed by atoms with E-state index >= 15 is 0 Å². The first kappa shape index (κ1) is 22.5. The van der Waals surface area contributed by atoms with Crippen LogP contribution in [-0.2, 0) is 10.9 Å². The molecule has 0 spiro atoms. The number of benzene rings is 3. The van der Waals surface area contributed by atoms with E-state index in [2.05, 4.69) is 17.4 Å². The van der Waals surface area contributed by atoms with Gasteiger partial charge in [-0.25, -0.2) is 4.79 Å². The molecule has 1 aliphatic carbocycles. The van der Waals surface area contributed by atoms with E-state index in [1.807, 2.05) is 36.4 Å². The molecular formula is C26H23F3N2O2. The Bertz CT molecular complexity index is 1140. The van der Waals surface area contributed by atoms with Gasteiger partial charge in [-0.3, -0.25) is 0 Å². The average molecular weight is 452 g/mol. The van der Waals surface area contributed by atoms with Gasteiger partial charge in [-0.2, -0.15) is 13.2 Å².